The highest BCUT2D eigenvalue weighted by Gasteiger charge is 2.26. The van der Waals surface area contributed by atoms with Gasteiger partial charge in [0.15, 0.2) is 11.0 Å². The molecule has 3 aromatic rings. The summed E-state index contributed by atoms with van der Waals surface area (Å²) >= 11 is 1.39. The largest absolute Gasteiger partial charge is 0.376 e. The summed E-state index contributed by atoms with van der Waals surface area (Å²) in [4.78, 5) is 14.8. The normalized spacial score (nSPS) is 17.8. The van der Waals surface area contributed by atoms with E-state index in [9.17, 15) is 9.18 Å². The van der Waals surface area contributed by atoms with Gasteiger partial charge in [0.25, 0.3) is 0 Å². The summed E-state index contributed by atoms with van der Waals surface area (Å²) in [6.07, 6.45) is 3.00. The van der Waals surface area contributed by atoms with E-state index < -0.39 is 0 Å². The van der Waals surface area contributed by atoms with E-state index in [0.29, 0.717) is 24.1 Å². The van der Waals surface area contributed by atoms with Crippen molar-refractivity contribution < 1.29 is 13.9 Å². The predicted molar refractivity (Wildman–Crippen MR) is 118 cm³/mol. The number of carbonyl (C=O) groups is 1. The van der Waals surface area contributed by atoms with Crippen LogP contribution in [-0.2, 0) is 22.5 Å². The van der Waals surface area contributed by atoms with Crippen molar-refractivity contribution in [1.82, 2.24) is 14.8 Å². The Morgan fingerprint density at radius 1 is 1.16 bits per heavy atom. The molecule has 0 bridgehead atoms. The van der Waals surface area contributed by atoms with Gasteiger partial charge in [0.05, 0.1) is 18.4 Å². The van der Waals surface area contributed by atoms with Crippen molar-refractivity contribution in [2.75, 3.05) is 23.8 Å². The molecule has 0 radical (unpaired) electrons. The minimum Gasteiger partial charge on any atom is -0.376 e. The minimum atomic E-state index is -0.292. The number of ether oxygens (including phenoxy) is 1. The molecule has 1 atom stereocenters. The van der Waals surface area contributed by atoms with Crippen molar-refractivity contribution in [2.24, 2.45) is 0 Å². The van der Waals surface area contributed by atoms with Gasteiger partial charge in [-0.25, -0.2) is 4.39 Å². The molecule has 0 unspecified atom stereocenters. The Morgan fingerprint density at radius 3 is 2.81 bits per heavy atom. The van der Waals surface area contributed by atoms with Crippen molar-refractivity contribution >= 4 is 23.4 Å². The number of anilines is 1. The molecular weight excluding hydrogens is 415 g/mol. The molecule has 1 aromatic heterocycles. The molecule has 2 aromatic carbocycles. The number of benzene rings is 2. The lowest BCUT2D eigenvalue weighted by Gasteiger charge is -2.18. The lowest BCUT2D eigenvalue weighted by atomic mass is 10.2. The molecule has 5 rings (SSSR count). The summed E-state index contributed by atoms with van der Waals surface area (Å²) in [6.45, 7) is 2.08. The second-order valence-corrected chi connectivity index (χ2v) is 8.71. The lowest BCUT2D eigenvalue weighted by molar-refractivity contribution is -0.116. The number of carbonyl (C=O) groups excluding carboxylic acids is 1. The summed E-state index contributed by atoms with van der Waals surface area (Å²) < 4.78 is 21.2. The number of nitrogens with zero attached hydrogens (tertiary/aromatic N) is 4. The third-order valence-electron chi connectivity index (χ3n) is 5.74. The summed E-state index contributed by atoms with van der Waals surface area (Å²) in [6, 6.07) is 14.3. The molecule has 0 spiro atoms. The van der Waals surface area contributed by atoms with Crippen LogP contribution in [0.15, 0.2) is 53.7 Å². The zero-order valence-corrected chi connectivity index (χ0v) is 17.9. The number of para-hydroxylation sites is 1. The van der Waals surface area contributed by atoms with Crippen LogP contribution in [-0.4, -0.2) is 45.7 Å². The Labute approximate surface area is 184 Å². The molecule has 0 saturated carbocycles. The SMILES string of the molecule is O=C(CSc1nnc(-c2ccc(F)cc2)n1C[C@H]1CCCO1)N1CCc2ccccc21. The molecule has 0 N–H and O–H groups in total. The molecule has 1 amide bonds. The van der Waals surface area contributed by atoms with Crippen LogP contribution in [0.4, 0.5) is 10.1 Å². The number of rotatable bonds is 6. The van der Waals surface area contributed by atoms with E-state index in [-0.39, 0.29) is 23.6 Å². The van der Waals surface area contributed by atoms with Crippen molar-refractivity contribution in [1.29, 1.82) is 0 Å². The topological polar surface area (TPSA) is 60.3 Å². The standard InChI is InChI=1S/C23H23FN4O2S/c24-18-9-7-17(8-10-18)22-25-26-23(28(22)14-19-5-3-13-30-19)31-15-21(29)27-12-11-16-4-1-2-6-20(16)27/h1-2,4,6-10,19H,3,5,11-15H2/t19-/m1/s1. The number of thioether (sulfide) groups is 1. The first-order chi connectivity index (χ1) is 15.2. The highest BCUT2D eigenvalue weighted by atomic mass is 32.2. The van der Waals surface area contributed by atoms with Crippen LogP contribution in [0.25, 0.3) is 11.4 Å². The fraction of sp³-hybridized carbons (Fsp3) is 0.348. The fourth-order valence-corrected chi connectivity index (χ4v) is 4.99. The van der Waals surface area contributed by atoms with Crippen LogP contribution >= 0.6 is 11.8 Å². The van der Waals surface area contributed by atoms with Crippen molar-refractivity contribution in [2.45, 2.75) is 37.1 Å². The molecule has 0 aliphatic carbocycles. The molecule has 2 aliphatic heterocycles. The van der Waals surface area contributed by atoms with Crippen LogP contribution < -0.4 is 4.90 Å². The smallest absolute Gasteiger partial charge is 0.237 e. The maximum absolute atomic E-state index is 13.4. The van der Waals surface area contributed by atoms with Crippen LogP contribution in [0.2, 0.25) is 0 Å². The summed E-state index contributed by atoms with van der Waals surface area (Å²) in [5.41, 5.74) is 3.00. The van der Waals surface area contributed by atoms with Gasteiger partial charge < -0.3 is 9.64 Å². The molecular formula is C23H23FN4O2S. The average Bonchev–Trinajstić information content (AvgIpc) is 3.53. The van der Waals surface area contributed by atoms with E-state index in [1.54, 1.807) is 12.1 Å². The summed E-state index contributed by atoms with van der Waals surface area (Å²) in [5.74, 6) is 0.712. The Morgan fingerprint density at radius 2 is 2.00 bits per heavy atom. The number of hydrogen-bond acceptors (Lipinski definition) is 5. The zero-order chi connectivity index (χ0) is 21.2. The van der Waals surface area contributed by atoms with Gasteiger partial charge >= 0.3 is 0 Å². The molecule has 2 aliphatic rings. The first-order valence-corrected chi connectivity index (χ1v) is 11.5. The molecule has 1 saturated heterocycles. The van der Waals surface area contributed by atoms with E-state index in [1.165, 1.54) is 29.5 Å². The quantitative estimate of drug-likeness (QED) is 0.546. The number of hydrogen-bond donors (Lipinski definition) is 0. The maximum Gasteiger partial charge on any atom is 0.237 e. The third-order valence-corrected chi connectivity index (χ3v) is 6.69. The van der Waals surface area contributed by atoms with Gasteiger partial charge in [-0.15, -0.1) is 10.2 Å². The third kappa shape index (κ3) is 4.22. The van der Waals surface area contributed by atoms with Crippen molar-refractivity contribution in [3.8, 4) is 11.4 Å². The Kier molecular flexibility index (Phi) is 5.74. The molecule has 160 valence electrons. The second-order valence-electron chi connectivity index (χ2n) is 7.77. The van der Waals surface area contributed by atoms with E-state index in [2.05, 4.69) is 16.3 Å². The van der Waals surface area contributed by atoms with Crippen molar-refractivity contribution in [3.63, 3.8) is 0 Å². The maximum atomic E-state index is 13.4. The highest BCUT2D eigenvalue weighted by molar-refractivity contribution is 7.99. The van der Waals surface area contributed by atoms with Crippen LogP contribution in [0.5, 0.6) is 0 Å². The van der Waals surface area contributed by atoms with Crippen LogP contribution in [0, 0.1) is 5.82 Å². The predicted octanol–water partition coefficient (Wildman–Crippen LogP) is 3.94. The molecule has 6 nitrogen and oxygen atoms in total. The fourth-order valence-electron chi connectivity index (χ4n) is 4.17. The van der Waals surface area contributed by atoms with Gasteiger partial charge in [0, 0.05) is 24.4 Å². The van der Waals surface area contributed by atoms with Gasteiger partial charge in [-0.05, 0) is 55.2 Å². The first kappa shape index (κ1) is 20.2. The number of halogens is 1. The van der Waals surface area contributed by atoms with Gasteiger partial charge in [-0.1, -0.05) is 30.0 Å². The van der Waals surface area contributed by atoms with Gasteiger partial charge in [0.1, 0.15) is 5.82 Å². The number of aromatic nitrogens is 3. The molecule has 1 fully saturated rings. The van der Waals surface area contributed by atoms with Gasteiger partial charge in [0.2, 0.25) is 5.91 Å². The number of amides is 1. The summed E-state index contributed by atoms with van der Waals surface area (Å²) in [5, 5.41) is 9.39. The molecule has 3 heterocycles. The van der Waals surface area contributed by atoms with Crippen LogP contribution in [0.3, 0.4) is 0 Å². The Bertz CT molecular complexity index is 1080. The van der Waals surface area contributed by atoms with Crippen LogP contribution in [0.1, 0.15) is 18.4 Å². The zero-order valence-electron chi connectivity index (χ0n) is 17.0. The van der Waals surface area contributed by atoms with Gasteiger partial charge in [-0.2, -0.15) is 0 Å². The van der Waals surface area contributed by atoms with E-state index >= 15 is 0 Å². The van der Waals surface area contributed by atoms with E-state index in [1.807, 2.05) is 27.7 Å². The van der Waals surface area contributed by atoms with E-state index in [0.717, 1.165) is 37.1 Å². The average molecular weight is 439 g/mol. The molecule has 31 heavy (non-hydrogen) atoms. The highest BCUT2D eigenvalue weighted by Crippen LogP contribution is 2.30. The van der Waals surface area contributed by atoms with Gasteiger partial charge in [-0.3, -0.25) is 9.36 Å². The first-order valence-electron chi connectivity index (χ1n) is 10.5. The monoisotopic (exact) mass is 438 g/mol. The number of fused-ring (bicyclic) bond motifs is 1. The Balaban J connectivity index is 1.36. The summed E-state index contributed by atoms with van der Waals surface area (Å²) in [7, 11) is 0. The lowest BCUT2D eigenvalue weighted by Crippen LogP contribution is -2.30. The van der Waals surface area contributed by atoms with E-state index in [4.69, 9.17) is 4.74 Å². The van der Waals surface area contributed by atoms with Crippen molar-refractivity contribution in [3.05, 3.63) is 59.9 Å². The Hall–Kier alpha value is -2.71. The molecule has 8 heteroatoms. The minimum absolute atomic E-state index is 0.0601. The second kappa shape index (κ2) is 8.80.